The Bertz CT molecular complexity index is 892. The maximum absolute atomic E-state index is 13.0. The molecule has 2 heterocycles. The average molecular weight is 436 g/mol. The van der Waals surface area contributed by atoms with Gasteiger partial charge in [0.05, 0.1) is 11.9 Å². The first-order valence-electron chi connectivity index (χ1n) is 10.9. The number of amides is 2. The third-order valence-electron chi connectivity index (χ3n) is 6.07. The van der Waals surface area contributed by atoms with Crippen LogP contribution < -0.4 is 9.62 Å². The van der Waals surface area contributed by atoms with Gasteiger partial charge in [-0.15, -0.1) is 0 Å². The number of unbranched alkanes of at least 4 members (excludes halogenated alkanes) is 2. The number of nitrogens with zero attached hydrogens (tertiary/aromatic N) is 2. The fraction of sp³-hybridized carbons (Fsp3) is 0.636. The lowest BCUT2D eigenvalue weighted by atomic mass is 9.95. The second kappa shape index (κ2) is 9.37. The number of benzene rings is 1. The first kappa shape index (κ1) is 22.6. The summed E-state index contributed by atoms with van der Waals surface area (Å²) in [6.07, 6.45) is 6.42. The van der Waals surface area contributed by atoms with Crippen molar-refractivity contribution in [2.24, 2.45) is 5.92 Å². The third-order valence-corrected chi connectivity index (χ3v) is 7.34. The van der Waals surface area contributed by atoms with Gasteiger partial charge in [0.2, 0.25) is 15.9 Å². The summed E-state index contributed by atoms with van der Waals surface area (Å²) >= 11 is 0. The van der Waals surface area contributed by atoms with E-state index in [4.69, 9.17) is 0 Å². The van der Waals surface area contributed by atoms with Gasteiger partial charge in [0.25, 0.3) is 5.91 Å². The molecule has 1 fully saturated rings. The van der Waals surface area contributed by atoms with Crippen molar-refractivity contribution >= 4 is 27.5 Å². The van der Waals surface area contributed by atoms with E-state index in [0.717, 1.165) is 31.4 Å². The van der Waals surface area contributed by atoms with Gasteiger partial charge >= 0.3 is 0 Å². The molecule has 0 spiro atoms. The van der Waals surface area contributed by atoms with Crippen molar-refractivity contribution < 1.29 is 18.0 Å². The molecule has 0 radical (unpaired) electrons. The zero-order chi connectivity index (χ0) is 21.9. The number of piperidine rings is 1. The Kier molecular flexibility index (Phi) is 7.06. The van der Waals surface area contributed by atoms with E-state index in [1.165, 1.54) is 10.6 Å². The number of carbonyl (C=O) groups excluding carboxylic acids is 2. The molecule has 166 valence electrons. The van der Waals surface area contributed by atoms with Gasteiger partial charge in [-0.1, -0.05) is 19.8 Å². The van der Waals surface area contributed by atoms with Crippen molar-refractivity contribution in [3.8, 4) is 0 Å². The fourth-order valence-electron chi connectivity index (χ4n) is 4.50. The largest absolute Gasteiger partial charge is 0.356 e. The topological polar surface area (TPSA) is 86.8 Å². The molecule has 3 rings (SSSR count). The maximum Gasteiger partial charge on any atom is 0.253 e. The second-order valence-corrected chi connectivity index (χ2v) is 10.4. The van der Waals surface area contributed by atoms with E-state index >= 15 is 0 Å². The van der Waals surface area contributed by atoms with Crippen LogP contribution in [0.2, 0.25) is 0 Å². The second-order valence-electron chi connectivity index (χ2n) is 8.52. The molecule has 1 aromatic rings. The van der Waals surface area contributed by atoms with Gasteiger partial charge in [0, 0.05) is 37.2 Å². The Hall–Kier alpha value is -2.09. The lowest BCUT2D eigenvalue weighted by molar-refractivity contribution is -0.126. The molecule has 0 bridgehead atoms. The summed E-state index contributed by atoms with van der Waals surface area (Å²) in [5, 5.41) is 3.02. The number of anilines is 1. The van der Waals surface area contributed by atoms with Crippen LogP contribution >= 0.6 is 0 Å². The Balaban J connectivity index is 1.59. The van der Waals surface area contributed by atoms with Gasteiger partial charge in [0.1, 0.15) is 0 Å². The summed E-state index contributed by atoms with van der Waals surface area (Å²) in [5.41, 5.74) is 2.14. The van der Waals surface area contributed by atoms with Crippen LogP contribution in [0, 0.1) is 5.92 Å². The Morgan fingerprint density at radius 1 is 1.17 bits per heavy atom. The SMILES string of the molecule is CCCCCNC(=O)C1CCN(C(=O)c2ccc3c(c2)CC(C)N3S(C)(=O)=O)CC1. The van der Waals surface area contributed by atoms with Crippen molar-refractivity contribution in [1.82, 2.24) is 10.2 Å². The van der Waals surface area contributed by atoms with Gasteiger partial charge in [0.15, 0.2) is 0 Å². The van der Waals surface area contributed by atoms with Gasteiger partial charge in [-0.2, -0.15) is 0 Å². The highest BCUT2D eigenvalue weighted by Gasteiger charge is 2.34. The number of rotatable bonds is 7. The van der Waals surface area contributed by atoms with Crippen LogP contribution in [0.4, 0.5) is 5.69 Å². The minimum absolute atomic E-state index is 0.0279. The molecule has 8 heteroatoms. The Labute approximate surface area is 179 Å². The molecule has 1 atom stereocenters. The molecule has 2 aliphatic heterocycles. The first-order chi connectivity index (χ1) is 14.2. The van der Waals surface area contributed by atoms with Crippen molar-refractivity contribution in [3.05, 3.63) is 29.3 Å². The quantitative estimate of drug-likeness (QED) is 0.667. The molecule has 2 aliphatic rings. The number of hydrogen-bond donors (Lipinski definition) is 1. The van der Waals surface area contributed by atoms with Crippen LogP contribution in [-0.2, 0) is 21.2 Å². The summed E-state index contributed by atoms with van der Waals surface area (Å²) < 4.78 is 25.6. The van der Waals surface area contributed by atoms with Crippen LogP contribution in [-0.4, -0.2) is 57.1 Å². The summed E-state index contributed by atoms with van der Waals surface area (Å²) in [5.74, 6) is 0.0236. The molecule has 1 N–H and O–H groups in total. The number of fused-ring (bicyclic) bond motifs is 1. The van der Waals surface area contributed by atoms with E-state index in [1.807, 2.05) is 13.0 Å². The van der Waals surface area contributed by atoms with Gasteiger partial charge < -0.3 is 10.2 Å². The smallest absolute Gasteiger partial charge is 0.253 e. The molecule has 0 aliphatic carbocycles. The Morgan fingerprint density at radius 2 is 1.87 bits per heavy atom. The van der Waals surface area contributed by atoms with Gasteiger partial charge in [-0.3, -0.25) is 13.9 Å². The zero-order valence-electron chi connectivity index (χ0n) is 18.2. The lowest BCUT2D eigenvalue weighted by Crippen LogP contribution is -2.43. The standard InChI is InChI=1S/C22H33N3O4S/c1-4-5-6-11-23-21(26)17-9-12-24(13-10-17)22(27)18-7-8-20-19(15-18)14-16(2)25(20)30(3,28)29/h7-8,15-17H,4-6,9-14H2,1-3H3,(H,23,26). The molecule has 1 saturated heterocycles. The predicted octanol–water partition coefficient (Wildman–Crippen LogP) is 2.56. The van der Waals surface area contributed by atoms with Crippen LogP contribution in [0.5, 0.6) is 0 Å². The lowest BCUT2D eigenvalue weighted by Gasteiger charge is -2.31. The maximum atomic E-state index is 13.0. The van der Waals surface area contributed by atoms with E-state index in [2.05, 4.69) is 12.2 Å². The number of sulfonamides is 1. The van der Waals surface area contributed by atoms with Crippen molar-refractivity contribution in [2.75, 3.05) is 30.2 Å². The molecule has 2 amide bonds. The van der Waals surface area contributed by atoms with Crippen LogP contribution in [0.3, 0.4) is 0 Å². The molecule has 7 nitrogen and oxygen atoms in total. The van der Waals surface area contributed by atoms with Crippen LogP contribution in [0.15, 0.2) is 18.2 Å². The van der Waals surface area contributed by atoms with Crippen LogP contribution in [0.1, 0.15) is 61.9 Å². The first-order valence-corrected chi connectivity index (χ1v) is 12.8. The van der Waals surface area contributed by atoms with Gasteiger partial charge in [-0.25, -0.2) is 8.42 Å². The van der Waals surface area contributed by atoms with E-state index in [-0.39, 0.29) is 23.8 Å². The molecular weight excluding hydrogens is 402 g/mol. The van der Waals surface area contributed by atoms with E-state index in [9.17, 15) is 18.0 Å². The highest BCUT2D eigenvalue weighted by Crippen LogP contribution is 2.35. The normalized spacial score (nSPS) is 19.6. The highest BCUT2D eigenvalue weighted by atomic mass is 32.2. The van der Waals surface area contributed by atoms with E-state index in [1.54, 1.807) is 17.0 Å². The summed E-state index contributed by atoms with van der Waals surface area (Å²) in [7, 11) is -3.34. The number of likely N-dealkylation sites (tertiary alicyclic amines) is 1. The number of carbonyl (C=O) groups is 2. The molecule has 1 aromatic carbocycles. The molecule has 0 saturated carbocycles. The van der Waals surface area contributed by atoms with Crippen molar-refractivity contribution in [1.29, 1.82) is 0 Å². The van der Waals surface area contributed by atoms with Crippen molar-refractivity contribution in [2.45, 2.75) is 58.4 Å². The zero-order valence-corrected chi connectivity index (χ0v) is 19.0. The number of nitrogens with one attached hydrogen (secondary N) is 1. The summed E-state index contributed by atoms with van der Waals surface area (Å²) in [6, 6.07) is 5.13. The van der Waals surface area contributed by atoms with E-state index < -0.39 is 10.0 Å². The molecular formula is C22H33N3O4S. The van der Waals surface area contributed by atoms with Crippen LogP contribution in [0.25, 0.3) is 0 Å². The molecule has 30 heavy (non-hydrogen) atoms. The number of hydrogen-bond acceptors (Lipinski definition) is 4. The summed E-state index contributed by atoms with van der Waals surface area (Å²) in [4.78, 5) is 27.1. The predicted molar refractivity (Wildman–Crippen MR) is 118 cm³/mol. The highest BCUT2D eigenvalue weighted by molar-refractivity contribution is 7.92. The Morgan fingerprint density at radius 3 is 2.50 bits per heavy atom. The van der Waals surface area contributed by atoms with Gasteiger partial charge in [-0.05, 0) is 56.4 Å². The molecule has 0 aromatic heterocycles. The minimum atomic E-state index is -3.34. The average Bonchev–Trinajstić information content (AvgIpc) is 3.05. The van der Waals surface area contributed by atoms with Crippen molar-refractivity contribution in [3.63, 3.8) is 0 Å². The monoisotopic (exact) mass is 435 g/mol. The van der Waals surface area contributed by atoms with E-state index in [0.29, 0.717) is 43.6 Å². The fourth-order valence-corrected chi connectivity index (χ4v) is 5.76. The minimum Gasteiger partial charge on any atom is -0.356 e. The third kappa shape index (κ3) is 4.96. The molecule has 1 unspecified atom stereocenters. The summed E-state index contributed by atoms with van der Waals surface area (Å²) in [6.45, 7) is 5.87.